The molecule has 148 valence electrons. The van der Waals surface area contributed by atoms with Gasteiger partial charge in [-0.1, -0.05) is 30.0 Å². The molecule has 0 aliphatic rings. The van der Waals surface area contributed by atoms with Gasteiger partial charge in [0.15, 0.2) is 0 Å². The third-order valence-electron chi connectivity index (χ3n) is 4.09. The Kier molecular flexibility index (Phi) is 5.48. The first kappa shape index (κ1) is 19.0. The van der Waals surface area contributed by atoms with Gasteiger partial charge in [-0.05, 0) is 31.2 Å². The molecule has 4 rings (SSSR count). The van der Waals surface area contributed by atoms with Gasteiger partial charge in [-0.2, -0.15) is 0 Å². The van der Waals surface area contributed by atoms with Gasteiger partial charge in [0.2, 0.25) is 17.7 Å². The number of thioether (sulfide) groups is 1. The fourth-order valence-corrected chi connectivity index (χ4v) is 3.32. The third kappa shape index (κ3) is 4.24. The van der Waals surface area contributed by atoms with Crippen LogP contribution >= 0.6 is 11.8 Å². The summed E-state index contributed by atoms with van der Waals surface area (Å²) in [6.45, 7) is 1.94. The monoisotopic (exact) mass is 410 g/mol. The average Bonchev–Trinajstić information content (AvgIpc) is 3.44. The summed E-state index contributed by atoms with van der Waals surface area (Å²) in [6, 6.07) is 15.0. The Hall–Kier alpha value is -3.33. The zero-order valence-electron chi connectivity index (χ0n) is 16.0. The summed E-state index contributed by atoms with van der Waals surface area (Å²) in [6.07, 6.45) is 0. The quantitative estimate of drug-likeness (QED) is 0.403. The van der Waals surface area contributed by atoms with Crippen molar-refractivity contribution in [3.8, 4) is 34.4 Å². The normalized spacial score (nSPS) is 12.0. The van der Waals surface area contributed by atoms with E-state index in [9.17, 15) is 0 Å². The van der Waals surface area contributed by atoms with Crippen molar-refractivity contribution in [1.29, 1.82) is 0 Å². The largest absolute Gasteiger partial charge is 0.497 e. The summed E-state index contributed by atoms with van der Waals surface area (Å²) < 4.78 is 22.2. The van der Waals surface area contributed by atoms with Crippen LogP contribution < -0.4 is 9.47 Å². The van der Waals surface area contributed by atoms with Crippen LogP contribution in [-0.4, -0.2) is 34.6 Å². The second-order valence-corrected chi connectivity index (χ2v) is 7.34. The summed E-state index contributed by atoms with van der Waals surface area (Å²) in [7, 11) is 3.17. The lowest BCUT2D eigenvalue weighted by Gasteiger charge is -2.05. The smallest absolute Gasteiger partial charge is 0.277 e. The molecule has 2 aromatic heterocycles. The number of aromatic nitrogens is 4. The van der Waals surface area contributed by atoms with Crippen molar-refractivity contribution < 1.29 is 18.3 Å². The molecule has 29 heavy (non-hydrogen) atoms. The first-order valence-electron chi connectivity index (χ1n) is 8.78. The Balaban J connectivity index is 1.50. The topological polar surface area (TPSA) is 96.3 Å². The van der Waals surface area contributed by atoms with Crippen LogP contribution in [-0.2, 0) is 0 Å². The standard InChI is InChI=1S/C20H18N4O4S/c1-12(17-21-22-18(27-17)13-7-5-4-6-8-13)29-20-24-23-19(28-20)14-9-15(25-2)11-16(10-14)26-3/h4-12H,1-3H3/t12-/m0/s1. The molecule has 0 saturated carbocycles. The lowest BCUT2D eigenvalue weighted by atomic mass is 10.2. The minimum absolute atomic E-state index is 0.159. The van der Waals surface area contributed by atoms with Crippen molar-refractivity contribution in [3.63, 3.8) is 0 Å². The molecular weight excluding hydrogens is 392 g/mol. The van der Waals surface area contributed by atoms with Crippen LogP contribution in [0, 0.1) is 0 Å². The predicted molar refractivity (Wildman–Crippen MR) is 107 cm³/mol. The fourth-order valence-electron chi connectivity index (χ4n) is 2.60. The number of benzene rings is 2. The summed E-state index contributed by atoms with van der Waals surface area (Å²) in [5.74, 6) is 2.60. The Bertz CT molecular complexity index is 1070. The van der Waals surface area contributed by atoms with E-state index in [0.717, 1.165) is 5.56 Å². The molecular formula is C20H18N4O4S. The van der Waals surface area contributed by atoms with Crippen LogP contribution in [0.2, 0.25) is 0 Å². The Morgan fingerprint density at radius 3 is 2.14 bits per heavy atom. The predicted octanol–water partition coefficient (Wildman–Crippen LogP) is 4.66. The van der Waals surface area contributed by atoms with Crippen LogP contribution in [0.3, 0.4) is 0 Å². The molecule has 0 radical (unpaired) electrons. The Morgan fingerprint density at radius 2 is 1.45 bits per heavy atom. The lowest BCUT2D eigenvalue weighted by molar-refractivity contribution is 0.394. The fraction of sp³-hybridized carbons (Fsp3) is 0.200. The number of rotatable bonds is 7. The number of nitrogens with zero attached hydrogens (tertiary/aromatic N) is 4. The Morgan fingerprint density at radius 1 is 0.793 bits per heavy atom. The molecule has 0 aliphatic heterocycles. The molecule has 9 heteroatoms. The number of hydrogen-bond acceptors (Lipinski definition) is 9. The highest BCUT2D eigenvalue weighted by Gasteiger charge is 2.20. The van der Waals surface area contributed by atoms with Crippen molar-refractivity contribution in [1.82, 2.24) is 20.4 Å². The molecule has 2 heterocycles. The highest BCUT2D eigenvalue weighted by molar-refractivity contribution is 7.99. The van der Waals surface area contributed by atoms with Gasteiger partial charge in [0.05, 0.1) is 19.5 Å². The zero-order valence-corrected chi connectivity index (χ0v) is 16.8. The van der Waals surface area contributed by atoms with Crippen molar-refractivity contribution in [2.24, 2.45) is 0 Å². The molecule has 2 aromatic carbocycles. The Labute approximate surface area is 171 Å². The maximum atomic E-state index is 5.79. The van der Waals surface area contributed by atoms with Gasteiger partial charge in [-0.3, -0.25) is 0 Å². The molecule has 0 amide bonds. The van der Waals surface area contributed by atoms with E-state index in [1.165, 1.54) is 11.8 Å². The number of hydrogen-bond donors (Lipinski definition) is 0. The van der Waals surface area contributed by atoms with E-state index in [1.807, 2.05) is 37.3 Å². The van der Waals surface area contributed by atoms with E-state index in [4.69, 9.17) is 18.3 Å². The van der Waals surface area contributed by atoms with Gasteiger partial charge in [-0.25, -0.2) is 0 Å². The van der Waals surface area contributed by atoms with Crippen LogP contribution in [0.4, 0.5) is 0 Å². The average molecular weight is 410 g/mol. The summed E-state index contributed by atoms with van der Waals surface area (Å²) >= 11 is 1.34. The molecule has 8 nitrogen and oxygen atoms in total. The maximum Gasteiger partial charge on any atom is 0.277 e. The van der Waals surface area contributed by atoms with E-state index in [2.05, 4.69) is 20.4 Å². The zero-order chi connectivity index (χ0) is 20.2. The summed E-state index contributed by atoms with van der Waals surface area (Å²) in [4.78, 5) is 0. The SMILES string of the molecule is COc1cc(OC)cc(-c2nnc(S[C@@H](C)c3nnc(-c4ccccc4)o3)o2)c1. The van der Waals surface area contributed by atoms with Crippen LogP contribution in [0.25, 0.3) is 22.9 Å². The minimum atomic E-state index is -0.159. The van der Waals surface area contributed by atoms with Gasteiger partial charge in [0.1, 0.15) is 11.5 Å². The van der Waals surface area contributed by atoms with Gasteiger partial charge in [-0.15, -0.1) is 20.4 Å². The van der Waals surface area contributed by atoms with Gasteiger partial charge < -0.3 is 18.3 Å². The highest BCUT2D eigenvalue weighted by atomic mass is 32.2. The first-order chi connectivity index (χ1) is 14.2. The first-order valence-corrected chi connectivity index (χ1v) is 9.66. The molecule has 0 spiro atoms. The van der Waals surface area contributed by atoms with E-state index >= 15 is 0 Å². The van der Waals surface area contributed by atoms with Crippen molar-refractivity contribution in [3.05, 3.63) is 54.4 Å². The van der Waals surface area contributed by atoms with Crippen LogP contribution in [0.5, 0.6) is 11.5 Å². The van der Waals surface area contributed by atoms with Gasteiger partial charge in [0.25, 0.3) is 5.22 Å². The molecule has 1 atom stereocenters. The van der Waals surface area contributed by atoms with Gasteiger partial charge >= 0.3 is 0 Å². The van der Waals surface area contributed by atoms with Gasteiger partial charge in [0, 0.05) is 17.2 Å². The summed E-state index contributed by atoms with van der Waals surface area (Å²) in [5.41, 5.74) is 1.58. The molecule has 0 saturated heterocycles. The maximum absolute atomic E-state index is 5.79. The highest BCUT2D eigenvalue weighted by Crippen LogP contribution is 2.36. The second kappa shape index (κ2) is 8.36. The minimum Gasteiger partial charge on any atom is -0.497 e. The molecule has 0 unspecified atom stereocenters. The van der Waals surface area contributed by atoms with E-state index in [-0.39, 0.29) is 5.25 Å². The van der Waals surface area contributed by atoms with Crippen LogP contribution in [0.1, 0.15) is 18.1 Å². The molecule has 4 aromatic rings. The van der Waals surface area contributed by atoms with Crippen LogP contribution in [0.15, 0.2) is 62.6 Å². The number of ether oxygens (including phenoxy) is 2. The molecule has 0 bridgehead atoms. The molecule has 0 aliphatic carbocycles. The third-order valence-corrected chi connectivity index (χ3v) is 5.01. The van der Waals surface area contributed by atoms with E-state index < -0.39 is 0 Å². The van der Waals surface area contributed by atoms with E-state index in [0.29, 0.717) is 40.0 Å². The number of methoxy groups -OCH3 is 2. The summed E-state index contributed by atoms with van der Waals surface area (Å²) in [5, 5.41) is 16.7. The second-order valence-electron chi connectivity index (χ2n) is 6.05. The lowest BCUT2D eigenvalue weighted by Crippen LogP contribution is -1.89. The van der Waals surface area contributed by atoms with Crippen molar-refractivity contribution in [2.45, 2.75) is 17.4 Å². The van der Waals surface area contributed by atoms with Crippen molar-refractivity contribution in [2.75, 3.05) is 14.2 Å². The molecule has 0 N–H and O–H groups in total. The van der Waals surface area contributed by atoms with Crippen molar-refractivity contribution >= 4 is 11.8 Å². The van der Waals surface area contributed by atoms with E-state index in [1.54, 1.807) is 32.4 Å². The molecule has 0 fully saturated rings.